The Hall–Kier alpha value is -2.58. The molecule has 6 nitrogen and oxygen atoms in total. The van der Waals surface area contributed by atoms with Gasteiger partial charge in [0.1, 0.15) is 10.6 Å². The molecule has 0 aliphatic rings. The van der Waals surface area contributed by atoms with E-state index in [-0.39, 0.29) is 27.8 Å². The number of methoxy groups -OCH3 is 1. The summed E-state index contributed by atoms with van der Waals surface area (Å²) in [6, 6.07) is 18.1. The van der Waals surface area contributed by atoms with E-state index in [1.165, 1.54) is 42.7 Å². The summed E-state index contributed by atoms with van der Waals surface area (Å²) >= 11 is 12.0. The summed E-state index contributed by atoms with van der Waals surface area (Å²) in [5.41, 5.74) is 1.33. The van der Waals surface area contributed by atoms with E-state index >= 15 is 0 Å². The first-order valence-corrected chi connectivity index (χ1v) is 11.4. The third kappa shape index (κ3) is 5.37. The molecule has 0 aliphatic heterocycles. The average molecular weight is 479 g/mol. The monoisotopic (exact) mass is 478 g/mol. The Balaban J connectivity index is 1.91. The molecule has 0 unspecified atom stereocenters. The second-order valence-corrected chi connectivity index (χ2v) is 9.55. The van der Waals surface area contributed by atoms with Crippen molar-refractivity contribution in [3.8, 4) is 5.75 Å². The Kier molecular flexibility index (Phi) is 7.23. The van der Waals surface area contributed by atoms with Crippen LogP contribution in [-0.2, 0) is 16.6 Å². The van der Waals surface area contributed by atoms with Crippen LogP contribution in [0, 0.1) is 0 Å². The van der Waals surface area contributed by atoms with Crippen LogP contribution in [0.2, 0.25) is 10.0 Å². The van der Waals surface area contributed by atoms with E-state index in [1.54, 1.807) is 12.1 Å². The molecule has 0 saturated heterocycles. The molecule has 0 aromatic heterocycles. The van der Waals surface area contributed by atoms with Gasteiger partial charge in [0, 0.05) is 24.2 Å². The lowest BCUT2D eigenvalue weighted by molar-refractivity contribution is 0.102. The van der Waals surface area contributed by atoms with Crippen LogP contribution in [0.25, 0.3) is 0 Å². The molecule has 0 bridgehead atoms. The molecular formula is C22H20Cl2N2O4S. The van der Waals surface area contributed by atoms with Crippen LogP contribution in [0.4, 0.5) is 5.69 Å². The molecule has 0 radical (unpaired) electrons. The van der Waals surface area contributed by atoms with Crippen LogP contribution in [0.15, 0.2) is 71.6 Å². The lowest BCUT2D eigenvalue weighted by atomic mass is 10.2. The molecule has 0 aliphatic carbocycles. The van der Waals surface area contributed by atoms with Gasteiger partial charge in [-0.2, -0.15) is 4.31 Å². The van der Waals surface area contributed by atoms with Crippen LogP contribution >= 0.6 is 23.2 Å². The fourth-order valence-corrected chi connectivity index (χ4v) is 4.69. The number of sulfonamides is 1. The van der Waals surface area contributed by atoms with Crippen molar-refractivity contribution in [1.82, 2.24) is 4.31 Å². The second-order valence-electron chi connectivity index (χ2n) is 6.69. The summed E-state index contributed by atoms with van der Waals surface area (Å²) in [5.74, 6) is -0.380. The fraction of sp³-hybridized carbons (Fsp3) is 0.136. The van der Waals surface area contributed by atoms with E-state index in [0.717, 1.165) is 5.56 Å². The van der Waals surface area contributed by atoms with E-state index in [2.05, 4.69) is 5.32 Å². The Morgan fingerprint density at radius 2 is 1.74 bits per heavy atom. The standard InChI is InChI=1S/C22H20Cl2N2O4S/c1-26(14-15-6-4-3-5-7-15)31(28,29)21-12-16(8-11-20(21)30-2)22(27)25-19-10-9-17(23)13-18(19)24/h3-13H,14H2,1-2H3,(H,25,27). The molecule has 1 amide bonds. The number of carbonyl (C=O) groups is 1. The van der Waals surface area contributed by atoms with Crippen LogP contribution in [0.1, 0.15) is 15.9 Å². The first-order chi connectivity index (χ1) is 14.7. The number of carbonyl (C=O) groups excluding carboxylic acids is 1. The molecule has 3 aromatic carbocycles. The first kappa shape index (κ1) is 23.1. The molecule has 0 fully saturated rings. The summed E-state index contributed by atoms with van der Waals surface area (Å²) in [7, 11) is -1.09. The van der Waals surface area contributed by atoms with Gasteiger partial charge in [0.15, 0.2) is 0 Å². The SMILES string of the molecule is COc1ccc(C(=O)Nc2ccc(Cl)cc2Cl)cc1S(=O)(=O)N(C)Cc1ccccc1. The van der Waals surface area contributed by atoms with Gasteiger partial charge in [-0.3, -0.25) is 4.79 Å². The molecule has 3 rings (SSSR count). The van der Waals surface area contributed by atoms with Crippen molar-refractivity contribution in [3.05, 3.63) is 87.9 Å². The van der Waals surface area contributed by atoms with Gasteiger partial charge in [-0.15, -0.1) is 0 Å². The highest BCUT2D eigenvalue weighted by Crippen LogP contribution is 2.30. The minimum Gasteiger partial charge on any atom is -0.495 e. The van der Waals surface area contributed by atoms with Crippen molar-refractivity contribution < 1.29 is 17.9 Å². The molecule has 3 aromatic rings. The molecule has 1 N–H and O–H groups in total. The van der Waals surface area contributed by atoms with Crippen molar-refractivity contribution in [3.63, 3.8) is 0 Å². The zero-order valence-electron chi connectivity index (χ0n) is 16.8. The minimum absolute atomic E-state index is 0.108. The number of amides is 1. The number of hydrogen-bond donors (Lipinski definition) is 1. The third-order valence-electron chi connectivity index (χ3n) is 4.54. The van der Waals surface area contributed by atoms with Crippen LogP contribution in [0.3, 0.4) is 0 Å². The summed E-state index contributed by atoms with van der Waals surface area (Å²) < 4.78 is 32.9. The molecular weight excluding hydrogens is 459 g/mol. The number of nitrogens with zero attached hydrogens (tertiary/aromatic N) is 1. The van der Waals surface area contributed by atoms with Crippen LogP contribution in [-0.4, -0.2) is 32.8 Å². The zero-order valence-corrected chi connectivity index (χ0v) is 19.1. The van der Waals surface area contributed by atoms with Gasteiger partial charge in [-0.1, -0.05) is 53.5 Å². The number of ether oxygens (including phenoxy) is 1. The lowest BCUT2D eigenvalue weighted by Gasteiger charge is -2.19. The van der Waals surface area contributed by atoms with Crippen molar-refractivity contribution in [2.75, 3.05) is 19.5 Å². The van der Waals surface area contributed by atoms with Crippen molar-refractivity contribution in [1.29, 1.82) is 0 Å². The van der Waals surface area contributed by atoms with E-state index in [4.69, 9.17) is 27.9 Å². The van der Waals surface area contributed by atoms with Gasteiger partial charge in [0.2, 0.25) is 10.0 Å². The topological polar surface area (TPSA) is 75.7 Å². The molecule has 0 heterocycles. The quantitative estimate of drug-likeness (QED) is 0.513. The highest BCUT2D eigenvalue weighted by molar-refractivity contribution is 7.89. The number of anilines is 1. The highest BCUT2D eigenvalue weighted by Gasteiger charge is 2.26. The predicted molar refractivity (Wildman–Crippen MR) is 123 cm³/mol. The Morgan fingerprint density at radius 3 is 2.39 bits per heavy atom. The van der Waals surface area contributed by atoms with E-state index in [0.29, 0.717) is 10.7 Å². The van der Waals surface area contributed by atoms with Gasteiger partial charge < -0.3 is 10.1 Å². The maximum absolute atomic E-state index is 13.2. The lowest BCUT2D eigenvalue weighted by Crippen LogP contribution is -2.27. The van der Waals surface area contributed by atoms with Gasteiger partial charge in [0.25, 0.3) is 5.91 Å². The van der Waals surface area contributed by atoms with Crippen molar-refractivity contribution >= 4 is 44.8 Å². The molecule has 31 heavy (non-hydrogen) atoms. The van der Waals surface area contributed by atoms with Crippen LogP contribution < -0.4 is 10.1 Å². The van der Waals surface area contributed by atoms with E-state index in [9.17, 15) is 13.2 Å². The molecule has 0 atom stereocenters. The number of benzene rings is 3. The molecule has 9 heteroatoms. The molecule has 0 saturated carbocycles. The Labute approximate surface area is 191 Å². The van der Waals surface area contributed by atoms with E-state index < -0.39 is 15.9 Å². The third-order valence-corrected chi connectivity index (χ3v) is 6.91. The summed E-state index contributed by atoms with van der Waals surface area (Å²) in [5, 5.41) is 3.36. The van der Waals surface area contributed by atoms with Crippen LogP contribution in [0.5, 0.6) is 5.75 Å². The number of nitrogens with one attached hydrogen (secondary N) is 1. The highest BCUT2D eigenvalue weighted by atomic mass is 35.5. The van der Waals surface area contributed by atoms with Gasteiger partial charge in [0.05, 0.1) is 17.8 Å². The predicted octanol–water partition coefficient (Wildman–Crippen LogP) is 5.08. The maximum Gasteiger partial charge on any atom is 0.255 e. The number of halogens is 2. The number of rotatable bonds is 7. The van der Waals surface area contributed by atoms with Crippen molar-refractivity contribution in [2.24, 2.45) is 0 Å². The maximum atomic E-state index is 13.2. The minimum atomic E-state index is -3.94. The average Bonchev–Trinajstić information content (AvgIpc) is 2.75. The second kappa shape index (κ2) is 9.70. The smallest absolute Gasteiger partial charge is 0.255 e. The normalized spacial score (nSPS) is 11.4. The summed E-state index contributed by atoms with van der Waals surface area (Å²) in [4.78, 5) is 12.6. The Morgan fingerprint density at radius 1 is 1.03 bits per heavy atom. The summed E-state index contributed by atoms with van der Waals surface area (Å²) in [6.07, 6.45) is 0. The Bertz CT molecular complexity index is 1200. The zero-order chi connectivity index (χ0) is 22.6. The fourth-order valence-electron chi connectivity index (χ4n) is 2.90. The van der Waals surface area contributed by atoms with Gasteiger partial charge in [-0.25, -0.2) is 8.42 Å². The summed E-state index contributed by atoms with van der Waals surface area (Å²) in [6.45, 7) is 0.170. The first-order valence-electron chi connectivity index (χ1n) is 9.17. The largest absolute Gasteiger partial charge is 0.495 e. The van der Waals surface area contributed by atoms with Gasteiger partial charge >= 0.3 is 0 Å². The van der Waals surface area contributed by atoms with Crippen molar-refractivity contribution in [2.45, 2.75) is 11.4 Å². The van der Waals surface area contributed by atoms with Gasteiger partial charge in [-0.05, 0) is 42.0 Å². The molecule has 162 valence electrons. The number of hydrogen-bond acceptors (Lipinski definition) is 4. The molecule has 0 spiro atoms. The van der Waals surface area contributed by atoms with E-state index in [1.807, 2.05) is 30.3 Å².